The van der Waals surface area contributed by atoms with Crippen LogP contribution in [0, 0.1) is 0 Å². The van der Waals surface area contributed by atoms with Gasteiger partial charge < -0.3 is 23.9 Å². The summed E-state index contributed by atoms with van der Waals surface area (Å²) in [4.78, 5) is 7.62. The molecule has 380 valence electrons. The Bertz CT molecular complexity index is 3780. The Kier molecular flexibility index (Phi) is 10.5. The van der Waals surface area contributed by atoms with Crippen LogP contribution in [0.25, 0.3) is 22.1 Å². The predicted molar refractivity (Wildman–Crippen MR) is 322 cm³/mol. The monoisotopic (exact) mass is 996 g/mol. The molecule has 0 atom stereocenters. The van der Waals surface area contributed by atoms with Gasteiger partial charge in [-0.1, -0.05) is 175 Å². The van der Waals surface area contributed by atoms with Gasteiger partial charge in [0.25, 0.3) is 6.71 Å². The van der Waals surface area contributed by atoms with E-state index in [0.29, 0.717) is 0 Å². The van der Waals surface area contributed by atoms with Crippen LogP contribution in [0.2, 0.25) is 0 Å². The van der Waals surface area contributed by atoms with E-state index in [4.69, 9.17) is 9.15 Å². The molecule has 13 rings (SSSR count). The molecule has 0 N–H and O–H groups in total. The van der Waals surface area contributed by atoms with E-state index in [1.807, 2.05) is 0 Å². The van der Waals surface area contributed by atoms with Gasteiger partial charge in [-0.3, -0.25) is 0 Å². The highest BCUT2D eigenvalue weighted by Gasteiger charge is 2.50. The zero-order valence-electron chi connectivity index (χ0n) is 46.7. The summed E-state index contributed by atoms with van der Waals surface area (Å²) in [6, 6.07) is 61.6. The van der Waals surface area contributed by atoms with Gasteiger partial charge in [-0.15, -0.1) is 0 Å². The highest BCUT2D eigenvalue weighted by Crippen LogP contribution is 2.56. The maximum absolute atomic E-state index is 7.57. The Labute approximate surface area is 451 Å². The average molecular weight is 996 g/mol. The van der Waals surface area contributed by atoms with Crippen LogP contribution in [-0.4, -0.2) is 6.71 Å². The minimum Gasteiger partial charge on any atom is -0.468 e. The van der Waals surface area contributed by atoms with Crippen molar-refractivity contribution in [3.63, 3.8) is 0 Å². The lowest BCUT2D eigenvalue weighted by atomic mass is 9.35. The molecule has 5 nitrogen and oxygen atoms in total. The molecule has 0 amide bonds. The van der Waals surface area contributed by atoms with E-state index in [1.54, 1.807) is 0 Å². The highest BCUT2D eigenvalue weighted by atomic mass is 16.5. The zero-order valence-corrected chi connectivity index (χ0v) is 46.7. The van der Waals surface area contributed by atoms with E-state index >= 15 is 0 Å². The summed E-state index contributed by atoms with van der Waals surface area (Å²) in [6.45, 7) is 30.4. The van der Waals surface area contributed by atoms with Crippen LogP contribution in [-0.2, 0) is 27.1 Å². The molecule has 0 saturated heterocycles. The quantitative estimate of drug-likeness (QED) is 0.164. The summed E-state index contributed by atoms with van der Waals surface area (Å²) in [5.41, 5.74) is 23.0. The third-order valence-electron chi connectivity index (χ3n) is 17.4. The Morgan fingerprint density at radius 1 is 0.447 bits per heavy atom. The summed E-state index contributed by atoms with van der Waals surface area (Å²) >= 11 is 0. The van der Waals surface area contributed by atoms with Crippen molar-refractivity contribution in [1.82, 2.24) is 0 Å². The highest BCUT2D eigenvalue weighted by molar-refractivity contribution is 7.00. The fourth-order valence-corrected chi connectivity index (χ4v) is 12.8. The summed E-state index contributed by atoms with van der Waals surface area (Å²) < 4.78 is 14.3. The van der Waals surface area contributed by atoms with Crippen LogP contribution < -0.4 is 36.0 Å². The van der Waals surface area contributed by atoms with Crippen molar-refractivity contribution >= 4 is 85.5 Å². The lowest BCUT2D eigenvalue weighted by Crippen LogP contribution is -2.61. The molecule has 4 aliphatic rings. The van der Waals surface area contributed by atoms with Crippen LogP contribution in [0.3, 0.4) is 0 Å². The van der Waals surface area contributed by atoms with Crippen LogP contribution >= 0.6 is 0 Å². The third kappa shape index (κ3) is 7.48. The van der Waals surface area contributed by atoms with Crippen LogP contribution in [0.1, 0.15) is 131 Å². The maximum Gasteiger partial charge on any atom is 0.297 e. The molecule has 3 aliphatic heterocycles. The first-order chi connectivity index (χ1) is 36.1. The molecule has 76 heavy (non-hydrogen) atoms. The van der Waals surface area contributed by atoms with Gasteiger partial charge in [0.1, 0.15) is 5.58 Å². The first-order valence-electron chi connectivity index (χ1n) is 27.6. The number of ether oxygens (including phenoxy) is 1. The van der Waals surface area contributed by atoms with Gasteiger partial charge in [0, 0.05) is 33.7 Å². The van der Waals surface area contributed by atoms with Gasteiger partial charge >= 0.3 is 0 Å². The van der Waals surface area contributed by atoms with Gasteiger partial charge in [0.05, 0.1) is 34.1 Å². The van der Waals surface area contributed by atoms with E-state index in [2.05, 4.69) is 269 Å². The molecule has 9 aromatic rings. The molecular weight excluding hydrogens is 926 g/mol. The summed E-state index contributed by atoms with van der Waals surface area (Å²) in [7, 11) is 0. The number of anilines is 9. The van der Waals surface area contributed by atoms with Crippen LogP contribution in [0.5, 0.6) is 11.5 Å². The summed E-state index contributed by atoms with van der Waals surface area (Å²) in [5, 5.41) is 1.12. The molecule has 0 saturated carbocycles. The fraction of sp³-hybridized carbons (Fsp3) is 0.286. The van der Waals surface area contributed by atoms with E-state index in [-0.39, 0.29) is 33.8 Å². The number of nitrogens with zero attached hydrogens (tertiary/aromatic N) is 3. The van der Waals surface area contributed by atoms with Crippen molar-refractivity contribution in [1.29, 1.82) is 0 Å². The minimum absolute atomic E-state index is 0.0263. The number of furan rings is 1. The molecule has 0 radical (unpaired) electrons. The Balaban J connectivity index is 1.22. The number of hydrogen-bond acceptors (Lipinski definition) is 5. The Morgan fingerprint density at radius 3 is 1.61 bits per heavy atom. The van der Waals surface area contributed by atoms with Crippen LogP contribution in [0.4, 0.5) is 51.2 Å². The Morgan fingerprint density at radius 2 is 0.987 bits per heavy atom. The molecule has 0 bridgehead atoms. The van der Waals surface area contributed by atoms with Crippen LogP contribution in [0.15, 0.2) is 168 Å². The standard InChI is InChI=1S/C70H70BN3O2/c1-66(2,3)44-27-31-47(32-28-44)73-58-39-48(72-55-23-17-19-25-61(55)75-62-26-20-18-24-56(62)72)40-59-63(58)71(65-64(73)50-38-46(68(7,8)9)30-34-60(50)76-65)53-41-51-52(70(12,13)36-35-69(51,10)11)42-57(53)74(59)54-33-29-45(67(4,5)6)37-49(54)43-21-15-14-16-22-43/h14-34,37-42H,35-36H2,1-13H3. The van der Waals surface area contributed by atoms with Gasteiger partial charge in [0.15, 0.2) is 11.5 Å². The second-order valence-corrected chi connectivity index (χ2v) is 26.5. The number of benzene rings is 8. The van der Waals surface area contributed by atoms with Gasteiger partial charge in [0.2, 0.25) is 0 Å². The largest absolute Gasteiger partial charge is 0.468 e. The normalized spacial score (nSPS) is 16.1. The number of fused-ring (bicyclic) bond motifs is 9. The third-order valence-corrected chi connectivity index (χ3v) is 17.4. The zero-order chi connectivity index (χ0) is 53.0. The number of hydrogen-bond donors (Lipinski definition) is 0. The molecular formula is C70H70BN3O2. The van der Waals surface area contributed by atoms with E-state index in [9.17, 15) is 0 Å². The van der Waals surface area contributed by atoms with Crippen molar-refractivity contribution in [3.8, 4) is 22.6 Å². The number of rotatable bonds is 4. The first kappa shape index (κ1) is 48.2. The van der Waals surface area contributed by atoms with Crippen molar-refractivity contribution < 1.29 is 9.15 Å². The average Bonchev–Trinajstić information content (AvgIpc) is 3.78. The van der Waals surface area contributed by atoms with E-state index in [0.717, 1.165) is 86.5 Å². The molecule has 0 fully saturated rings. The van der Waals surface area contributed by atoms with Gasteiger partial charge in [-0.05, 0) is 163 Å². The fourth-order valence-electron chi connectivity index (χ4n) is 12.8. The van der Waals surface area contributed by atoms with Gasteiger partial charge in [-0.25, -0.2) is 0 Å². The van der Waals surface area contributed by atoms with Gasteiger partial charge in [-0.2, -0.15) is 0 Å². The van der Waals surface area contributed by atoms with E-state index in [1.165, 1.54) is 55.6 Å². The number of para-hydroxylation sites is 4. The second-order valence-electron chi connectivity index (χ2n) is 26.5. The molecule has 0 spiro atoms. The molecule has 6 heteroatoms. The lowest BCUT2D eigenvalue weighted by Gasteiger charge is -2.47. The van der Waals surface area contributed by atoms with E-state index < -0.39 is 0 Å². The Hall–Kier alpha value is -7.44. The van der Waals surface area contributed by atoms with Crippen molar-refractivity contribution in [2.24, 2.45) is 0 Å². The van der Waals surface area contributed by atoms with Crippen molar-refractivity contribution in [2.75, 3.05) is 14.7 Å². The first-order valence-corrected chi connectivity index (χ1v) is 27.6. The molecule has 4 heterocycles. The topological polar surface area (TPSA) is 32.1 Å². The molecule has 1 aliphatic carbocycles. The molecule has 0 unspecified atom stereocenters. The maximum atomic E-state index is 7.57. The van der Waals surface area contributed by atoms with Crippen molar-refractivity contribution in [2.45, 2.75) is 130 Å². The lowest BCUT2D eigenvalue weighted by molar-refractivity contribution is 0.332. The molecule has 8 aromatic carbocycles. The predicted octanol–water partition coefficient (Wildman–Crippen LogP) is 18.0. The molecule has 1 aromatic heterocycles. The smallest absolute Gasteiger partial charge is 0.297 e. The summed E-state index contributed by atoms with van der Waals surface area (Å²) in [6.07, 6.45) is 2.22. The summed E-state index contributed by atoms with van der Waals surface area (Å²) in [5.74, 6) is 1.64. The second kappa shape index (κ2) is 16.5. The minimum atomic E-state index is -0.236. The van der Waals surface area contributed by atoms with Crippen molar-refractivity contribution in [3.05, 3.63) is 192 Å². The SMILES string of the molecule is CC(C)(C)c1ccc(N2c3cc(N4c5ccccc5Oc5ccccc54)cc4c3B(c3cc5c(cc3N4c3ccc(C(C)(C)C)cc3-c3ccccc3)C(C)(C)CCC5(C)C)c3oc4ccc(C(C)(C)C)cc4c32)cc1.